The van der Waals surface area contributed by atoms with Crippen LogP contribution in [0, 0.1) is 11.3 Å². The second kappa shape index (κ2) is 7.86. The summed E-state index contributed by atoms with van der Waals surface area (Å²) < 4.78 is 32.4. The largest absolute Gasteiger partial charge is 0.468 e. The maximum atomic E-state index is 12.4. The molecule has 0 aliphatic carbocycles. The first kappa shape index (κ1) is 18.4. The number of nitriles is 1. The van der Waals surface area contributed by atoms with E-state index in [0.717, 1.165) is 0 Å². The van der Waals surface area contributed by atoms with Crippen LogP contribution in [0.25, 0.3) is 0 Å². The van der Waals surface area contributed by atoms with E-state index in [2.05, 4.69) is 10.0 Å². The number of anilines is 1. The summed E-state index contributed by atoms with van der Waals surface area (Å²) in [6.07, 6.45) is 1.46. The normalized spacial score (nSPS) is 10.9. The molecular weight excluding hydrogens is 366 g/mol. The lowest BCUT2D eigenvalue weighted by molar-refractivity contribution is 0.102. The van der Waals surface area contributed by atoms with Crippen LogP contribution >= 0.6 is 0 Å². The molecule has 0 radical (unpaired) electrons. The van der Waals surface area contributed by atoms with Crippen LogP contribution in [0.5, 0.6) is 0 Å². The molecule has 7 nitrogen and oxygen atoms in total. The van der Waals surface area contributed by atoms with Crippen molar-refractivity contribution in [2.45, 2.75) is 11.4 Å². The van der Waals surface area contributed by atoms with Gasteiger partial charge in [0.1, 0.15) is 5.76 Å². The monoisotopic (exact) mass is 381 g/mol. The molecule has 3 aromatic rings. The molecule has 1 amide bonds. The topological polar surface area (TPSA) is 112 Å². The van der Waals surface area contributed by atoms with Crippen LogP contribution in [-0.2, 0) is 16.6 Å². The van der Waals surface area contributed by atoms with Gasteiger partial charge in [-0.15, -0.1) is 0 Å². The van der Waals surface area contributed by atoms with Crippen molar-refractivity contribution in [3.05, 3.63) is 83.8 Å². The van der Waals surface area contributed by atoms with Gasteiger partial charge in [-0.1, -0.05) is 6.07 Å². The number of rotatable bonds is 6. The highest BCUT2D eigenvalue weighted by molar-refractivity contribution is 7.89. The van der Waals surface area contributed by atoms with Crippen molar-refractivity contribution in [2.75, 3.05) is 5.32 Å². The van der Waals surface area contributed by atoms with E-state index in [9.17, 15) is 13.2 Å². The Kier molecular flexibility index (Phi) is 5.35. The van der Waals surface area contributed by atoms with Crippen molar-refractivity contribution >= 4 is 21.6 Å². The number of carbonyl (C=O) groups excluding carboxylic acids is 1. The number of amides is 1. The van der Waals surface area contributed by atoms with Crippen LogP contribution < -0.4 is 10.0 Å². The van der Waals surface area contributed by atoms with Gasteiger partial charge in [-0.3, -0.25) is 4.79 Å². The maximum Gasteiger partial charge on any atom is 0.255 e. The minimum Gasteiger partial charge on any atom is -0.468 e. The molecule has 8 heteroatoms. The summed E-state index contributed by atoms with van der Waals surface area (Å²) in [4.78, 5) is 12.3. The zero-order valence-corrected chi connectivity index (χ0v) is 14.9. The van der Waals surface area contributed by atoms with Crippen LogP contribution in [0.2, 0.25) is 0 Å². The zero-order valence-electron chi connectivity index (χ0n) is 14.0. The third-order valence-corrected chi connectivity index (χ3v) is 5.09. The first-order valence-electron chi connectivity index (χ1n) is 7.91. The van der Waals surface area contributed by atoms with Crippen LogP contribution in [0.15, 0.2) is 76.2 Å². The summed E-state index contributed by atoms with van der Waals surface area (Å²) in [6.45, 7) is 0.0250. The first-order valence-corrected chi connectivity index (χ1v) is 9.40. The number of sulfonamides is 1. The van der Waals surface area contributed by atoms with Gasteiger partial charge in [0.05, 0.1) is 29.3 Å². The minimum atomic E-state index is -3.77. The van der Waals surface area contributed by atoms with E-state index in [1.165, 1.54) is 48.7 Å². The Bertz CT molecular complexity index is 1080. The number of hydrogen-bond acceptors (Lipinski definition) is 5. The summed E-state index contributed by atoms with van der Waals surface area (Å²) in [7, 11) is -3.77. The molecule has 0 aliphatic heterocycles. The number of nitrogens with zero attached hydrogens (tertiary/aromatic N) is 1. The molecule has 0 unspecified atom stereocenters. The number of benzene rings is 2. The van der Waals surface area contributed by atoms with Crippen molar-refractivity contribution in [2.24, 2.45) is 0 Å². The smallest absolute Gasteiger partial charge is 0.255 e. The molecule has 2 aromatic carbocycles. The van der Waals surface area contributed by atoms with Crippen molar-refractivity contribution in [3.8, 4) is 6.07 Å². The lowest BCUT2D eigenvalue weighted by atomic mass is 10.1. The quantitative estimate of drug-likeness (QED) is 0.682. The zero-order chi connectivity index (χ0) is 19.3. The molecule has 0 bridgehead atoms. The van der Waals surface area contributed by atoms with Gasteiger partial charge in [-0.05, 0) is 54.6 Å². The van der Waals surface area contributed by atoms with Gasteiger partial charge in [-0.25, -0.2) is 13.1 Å². The second-order valence-corrected chi connectivity index (χ2v) is 7.34. The summed E-state index contributed by atoms with van der Waals surface area (Å²) in [5.41, 5.74) is 1.14. The summed E-state index contributed by atoms with van der Waals surface area (Å²) >= 11 is 0. The molecule has 1 aromatic heterocycles. The molecule has 0 saturated heterocycles. The summed E-state index contributed by atoms with van der Waals surface area (Å²) in [5, 5.41) is 11.4. The lowest BCUT2D eigenvalue weighted by Crippen LogP contribution is -2.23. The predicted molar refractivity (Wildman–Crippen MR) is 98.3 cm³/mol. The maximum absolute atomic E-state index is 12.4. The molecule has 0 spiro atoms. The van der Waals surface area contributed by atoms with Crippen LogP contribution in [0.4, 0.5) is 5.69 Å². The Hall–Kier alpha value is -3.41. The Balaban J connectivity index is 1.72. The second-order valence-electron chi connectivity index (χ2n) is 5.58. The van der Waals surface area contributed by atoms with Crippen LogP contribution in [0.3, 0.4) is 0 Å². The van der Waals surface area contributed by atoms with E-state index >= 15 is 0 Å². The molecule has 3 rings (SSSR count). The van der Waals surface area contributed by atoms with Gasteiger partial charge in [0, 0.05) is 11.3 Å². The first-order chi connectivity index (χ1) is 13.0. The van der Waals surface area contributed by atoms with E-state index < -0.39 is 15.9 Å². The highest BCUT2D eigenvalue weighted by Crippen LogP contribution is 2.17. The number of hydrogen-bond donors (Lipinski definition) is 2. The van der Waals surface area contributed by atoms with Crippen molar-refractivity contribution in [1.82, 2.24) is 4.72 Å². The van der Waals surface area contributed by atoms with Crippen LogP contribution in [0.1, 0.15) is 21.7 Å². The molecule has 0 aliphatic rings. The van der Waals surface area contributed by atoms with Crippen LogP contribution in [-0.4, -0.2) is 14.3 Å². The Morgan fingerprint density at radius 2 is 1.85 bits per heavy atom. The Morgan fingerprint density at radius 3 is 2.52 bits per heavy atom. The molecule has 0 saturated carbocycles. The highest BCUT2D eigenvalue weighted by atomic mass is 32.2. The third-order valence-electron chi connectivity index (χ3n) is 3.69. The molecule has 1 heterocycles. The van der Waals surface area contributed by atoms with E-state index in [1.807, 2.05) is 6.07 Å². The number of nitrogens with one attached hydrogen (secondary N) is 2. The van der Waals surface area contributed by atoms with Gasteiger partial charge < -0.3 is 9.73 Å². The fourth-order valence-electron chi connectivity index (χ4n) is 2.30. The fraction of sp³-hybridized carbons (Fsp3) is 0.0526. The van der Waals surface area contributed by atoms with Crippen molar-refractivity contribution in [1.29, 1.82) is 5.26 Å². The fourth-order valence-corrected chi connectivity index (χ4v) is 3.34. The van der Waals surface area contributed by atoms with Gasteiger partial charge in [0.2, 0.25) is 10.0 Å². The average Bonchev–Trinajstić information content (AvgIpc) is 3.20. The standard InChI is InChI=1S/C19H15N3O4S/c20-12-14-6-8-15(9-7-14)19(23)22-16-3-1-5-18(11-16)27(24,25)21-13-17-4-2-10-26-17/h1-11,21H,13H2,(H,22,23). The molecule has 2 N–H and O–H groups in total. The van der Waals surface area contributed by atoms with E-state index in [0.29, 0.717) is 22.6 Å². The molecular formula is C19H15N3O4S. The number of carbonyl (C=O) groups is 1. The average molecular weight is 381 g/mol. The SMILES string of the molecule is N#Cc1ccc(C(=O)Nc2cccc(S(=O)(=O)NCc3ccco3)c2)cc1. The summed E-state index contributed by atoms with van der Waals surface area (Å²) in [5.74, 6) is 0.0847. The Morgan fingerprint density at radius 1 is 1.07 bits per heavy atom. The molecule has 0 fully saturated rings. The lowest BCUT2D eigenvalue weighted by Gasteiger charge is -2.09. The summed E-state index contributed by atoms with van der Waals surface area (Å²) in [6, 6.07) is 17.4. The molecule has 136 valence electrons. The van der Waals surface area contributed by atoms with E-state index in [1.54, 1.807) is 18.2 Å². The Labute approximate surface area is 156 Å². The van der Waals surface area contributed by atoms with Gasteiger partial charge in [0.25, 0.3) is 5.91 Å². The molecule has 27 heavy (non-hydrogen) atoms. The van der Waals surface area contributed by atoms with Gasteiger partial charge in [-0.2, -0.15) is 5.26 Å². The number of furan rings is 1. The highest BCUT2D eigenvalue weighted by Gasteiger charge is 2.15. The van der Waals surface area contributed by atoms with Gasteiger partial charge >= 0.3 is 0 Å². The van der Waals surface area contributed by atoms with Crippen molar-refractivity contribution < 1.29 is 17.6 Å². The van der Waals surface area contributed by atoms with E-state index in [4.69, 9.17) is 9.68 Å². The third kappa shape index (κ3) is 4.61. The molecule has 0 atom stereocenters. The minimum absolute atomic E-state index is 0.0201. The van der Waals surface area contributed by atoms with Crippen molar-refractivity contribution in [3.63, 3.8) is 0 Å². The predicted octanol–water partition coefficient (Wildman–Crippen LogP) is 2.88. The van der Waals surface area contributed by atoms with Gasteiger partial charge in [0.15, 0.2) is 0 Å². The van der Waals surface area contributed by atoms with E-state index in [-0.39, 0.29) is 11.4 Å².